The fourth-order valence-electron chi connectivity index (χ4n) is 1.07. The minimum Gasteiger partial charge on any atom is -0.199 e. The SMILES string of the molecule is Cc1ccc(S(=O)(=O)/N=S(\C)CCCl)cc1. The van der Waals surface area contributed by atoms with E-state index in [-0.39, 0.29) is 4.90 Å². The van der Waals surface area contributed by atoms with Crippen molar-refractivity contribution in [1.29, 1.82) is 0 Å². The summed E-state index contributed by atoms with van der Waals surface area (Å²) < 4.78 is 27.5. The number of hydrogen-bond donors (Lipinski definition) is 0. The van der Waals surface area contributed by atoms with Gasteiger partial charge in [-0.3, -0.25) is 0 Å². The number of aryl methyl sites for hydroxylation is 1. The zero-order valence-electron chi connectivity index (χ0n) is 9.18. The van der Waals surface area contributed by atoms with Gasteiger partial charge in [-0.1, -0.05) is 28.4 Å². The van der Waals surface area contributed by atoms with Crippen LogP contribution in [0.25, 0.3) is 0 Å². The summed E-state index contributed by atoms with van der Waals surface area (Å²) in [7, 11) is -4.06. The highest BCUT2D eigenvalue weighted by Gasteiger charge is 2.12. The lowest BCUT2D eigenvalue weighted by Gasteiger charge is -2.01. The van der Waals surface area contributed by atoms with E-state index in [9.17, 15) is 8.42 Å². The molecule has 0 aromatic heterocycles. The third-order valence-corrected chi connectivity index (χ3v) is 5.80. The second-order valence-electron chi connectivity index (χ2n) is 3.36. The fraction of sp³-hybridized carbons (Fsp3) is 0.400. The molecule has 1 aromatic rings. The van der Waals surface area contributed by atoms with Crippen LogP contribution in [0.15, 0.2) is 32.9 Å². The Bertz CT molecular complexity index is 480. The summed E-state index contributed by atoms with van der Waals surface area (Å²) in [5, 5.41) is 0. The molecule has 0 aliphatic rings. The van der Waals surface area contributed by atoms with Gasteiger partial charge in [0.2, 0.25) is 0 Å². The van der Waals surface area contributed by atoms with Crippen LogP contribution in [0.4, 0.5) is 0 Å². The van der Waals surface area contributed by atoms with E-state index in [1.165, 1.54) is 0 Å². The molecular weight excluding hydrogens is 266 g/mol. The van der Waals surface area contributed by atoms with E-state index in [1.807, 2.05) is 6.92 Å². The predicted molar refractivity (Wildman–Crippen MR) is 69.7 cm³/mol. The summed E-state index contributed by atoms with van der Waals surface area (Å²) in [6.07, 6.45) is 1.77. The van der Waals surface area contributed by atoms with Gasteiger partial charge in [0, 0.05) is 11.6 Å². The van der Waals surface area contributed by atoms with E-state index < -0.39 is 20.7 Å². The second kappa shape index (κ2) is 5.80. The van der Waals surface area contributed by atoms with Crippen molar-refractivity contribution in [2.24, 2.45) is 3.77 Å². The molecule has 0 saturated carbocycles. The average Bonchev–Trinajstić information content (AvgIpc) is 2.17. The fourth-order valence-corrected chi connectivity index (χ4v) is 4.43. The van der Waals surface area contributed by atoms with Gasteiger partial charge >= 0.3 is 0 Å². The van der Waals surface area contributed by atoms with Crippen LogP contribution < -0.4 is 0 Å². The summed E-state index contributed by atoms with van der Waals surface area (Å²) in [6, 6.07) is 6.67. The Morgan fingerprint density at radius 3 is 2.38 bits per heavy atom. The molecule has 3 nitrogen and oxygen atoms in total. The largest absolute Gasteiger partial charge is 0.287 e. The molecule has 0 saturated heterocycles. The molecule has 0 N–H and O–H groups in total. The van der Waals surface area contributed by atoms with Crippen LogP contribution in [0.1, 0.15) is 5.56 Å². The van der Waals surface area contributed by atoms with Crippen molar-refractivity contribution >= 4 is 32.3 Å². The molecule has 0 heterocycles. The highest BCUT2D eigenvalue weighted by atomic mass is 35.5. The first-order valence-corrected chi connectivity index (χ1v) is 8.42. The van der Waals surface area contributed by atoms with Gasteiger partial charge in [-0.2, -0.15) is 8.42 Å². The van der Waals surface area contributed by atoms with E-state index >= 15 is 0 Å². The van der Waals surface area contributed by atoms with Crippen LogP contribution in [0.3, 0.4) is 0 Å². The lowest BCUT2D eigenvalue weighted by atomic mass is 10.2. The Labute approximate surface area is 104 Å². The Balaban J connectivity index is 3.03. The summed E-state index contributed by atoms with van der Waals surface area (Å²) >= 11 is 5.54. The Morgan fingerprint density at radius 1 is 1.31 bits per heavy atom. The molecule has 0 amide bonds. The summed E-state index contributed by atoms with van der Waals surface area (Å²) in [6.45, 7) is 1.91. The third-order valence-electron chi connectivity index (χ3n) is 1.92. The lowest BCUT2D eigenvalue weighted by Crippen LogP contribution is -2.02. The Kier molecular flexibility index (Phi) is 4.95. The van der Waals surface area contributed by atoms with Gasteiger partial charge in [-0.25, -0.2) is 0 Å². The van der Waals surface area contributed by atoms with Crippen molar-refractivity contribution in [3.63, 3.8) is 0 Å². The van der Waals surface area contributed by atoms with Crippen LogP contribution >= 0.6 is 11.6 Å². The first-order chi connectivity index (χ1) is 7.45. The standard InChI is InChI=1S/C10H14ClNO2S2/c1-9-3-5-10(6-4-9)16(13,14)12-15(2)8-7-11/h3-6H,7-8H2,1-2H3. The van der Waals surface area contributed by atoms with Gasteiger partial charge in [-0.05, 0) is 25.3 Å². The molecule has 1 atom stereocenters. The average molecular weight is 280 g/mol. The molecule has 1 rings (SSSR count). The van der Waals surface area contributed by atoms with E-state index in [0.29, 0.717) is 11.6 Å². The Hall–Kier alpha value is -0.390. The molecule has 0 aliphatic heterocycles. The minimum absolute atomic E-state index is 0.243. The molecule has 1 unspecified atom stereocenters. The number of nitrogens with zero attached hydrogens (tertiary/aromatic N) is 1. The van der Waals surface area contributed by atoms with Crippen LogP contribution in [0, 0.1) is 6.92 Å². The smallest absolute Gasteiger partial charge is 0.199 e. The maximum Gasteiger partial charge on any atom is 0.287 e. The molecule has 1 aromatic carbocycles. The van der Waals surface area contributed by atoms with E-state index in [1.54, 1.807) is 30.5 Å². The van der Waals surface area contributed by atoms with Gasteiger partial charge in [0.1, 0.15) is 0 Å². The minimum atomic E-state index is -3.52. The first-order valence-electron chi connectivity index (χ1n) is 4.69. The lowest BCUT2D eigenvalue weighted by molar-refractivity contribution is 0.598. The first kappa shape index (κ1) is 13.7. The quantitative estimate of drug-likeness (QED) is 0.795. The molecule has 6 heteroatoms. The summed E-state index contributed by atoms with van der Waals surface area (Å²) in [4.78, 5) is 0.243. The molecule has 90 valence electrons. The van der Waals surface area contributed by atoms with Crippen molar-refractivity contribution in [3.8, 4) is 0 Å². The van der Waals surface area contributed by atoms with Gasteiger partial charge < -0.3 is 0 Å². The van der Waals surface area contributed by atoms with Gasteiger partial charge in [0.25, 0.3) is 10.0 Å². The van der Waals surface area contributed by atoms with Crippen LogP contribution in [0.5, 0.6) is 0 Å². The number of benzene rings is 1. The zero-order valence-corrected chi connectivity index (χ0v) is 11.6. The van der Waals surface area contributed by atoms with Gasteiger partial charge in [0.05, 0.1) is 4.90 Å². The topological polar surface area (TPSA) is 46.5 Å². The normalized spacial score (nSPS) is 13.9. The number of alkyl halides is 1. The number of hydrogen-bond acceptors (Lipinski definition) is 2. The molecular formula is C10H14ClNO2S2. The van der Waals surface area contributed by atoms with E-state index in [0.717, 1.165) is 5.56 Å². The van der Waals surface area contributed by atoms with E-state index in [4.69, 9.17) is 11.6 Å². The Morgan fingerprint density at radius 2 is 1.88 bits per heavy atom. The third kappa shape index (κ3) is 3.88. The highest BCUT2D eigenvalue weighted by Crippen LogP contribution is 2.13. The zero-order chi connectivity index (χ0) is 12.2. The number of rotatable bonds is 4. The van der Waals surface area contributed by atoms with Gasteiger partial charge in [0.15, 0.2) is 0 Å². The van der Waals surface area contributed by atoms with E-state index in [2.05, 4.69) is 3.77 Å². The molecule has 16 heavy (non-hydrogen) atoms. The molecule has 0 bridgehead atoms. The monoisotopic (exact) mass is 279 g/mol. The van der Waals surface area contributed by atoms with Crippen molar-refractivity contribution in [2.45, 2.75) is 11.8 Å². The van der Waals surface area contributed by atoms with Gasteiger partial charge in [-0.15, -0.1) is 15.4 Å². The second-order valence-corrected chi connectivity index (χ2v) is 7.36. The molecule has 0 radical (unpaired) electrons. The van der Waals surface area contributed by atoms with Crippen molar-refractivity contribution < 1.29 is 8.42 Å². The predicted octanol–water partition coefficient (Wildman–Crippen LogP) is 2.35. The van der Waals surface area contributed by atoms with Crippen molar-refractivity contribution in [2.75, 3.05) is 17.9 Å². The van der Waals surface area contributed by atoms with Crippen LogP contribution in [0.2, 0.25) is 0 Å². The van der Waals surface area contributed by atoms with Crippen molar-refractivity contribution in [3.05, 3.63) is 29.8 Å². The number of sulfonamides is 1. The van der Waals surface area contributed by atoms with Crippen molar-refractivity contribution in [1.82, 2.24) is 0 Å². The van der Waals surface area contributed by atoms with Crippen LogP contribution in [-0.2, 0) is 20.7 Å². The molecule has 0 spiro atoms. The summed E-state index contributed by atoms with van der Waals surface area (Å²) in [5.74, 6) is 1.01. The highest BCUT2D eigenvalue weighted by molar-refractivity contribution is 7.99. The molecule has 0 aliphatic carbocycles. The summed E-state index contributed by atoms with van der Waals surface area (Å²) in [5.41, 5.74) is 1.02. The number of halogens is 1. The van der Waals surface area contributed by atoms with Crippen LogP contribution in [-0.4, -0.2) is 26.3 Å². The maximum absolute atomic E-state index is 11.8. The maximum atomic E-state index is 11.8. The molecule has 0 fully saturated rings.